The summed E-state index contributed by atoms with van der Waals surface area (Å²) >= 11 is 0. The largest absolute Gasteiger partial charge is 0.490 e. The molecule has 12 nitrogen and oxygen atoms in total. The minimum Gasteiger partial charge on any atom is -0.490 e. The zero-order valence-corrected chi connectivity index (χ0v) is 30.4. The molecule has 0 atom stereocenters. The van der Waals surface area contributed by atoms with E-state index in [-0.39, 0.29) is 40.9 Å². The molecule has 3 aliphatic heterocycles. The predicted molar refractivity (Wildman–Crippen MR) is 188 cm³/mol. The fourth-order valence-electron chi connectivity index (χ4n) is 7.81. The van der Waals surface area contributed by atoms with Crippen molar-refractivity contribution in [2.24, 2.45) is 11.3 Å². The van der Waals surface area contributed by atoms with Gasteiger partial charge in [-0.1, -0.05) is 0 Å². The fourth-order valence-corrected chi connectivity index (χ4v) is 7.81. The van der Waals surface area contributed by atoms with Crippen molar-refractivity contribution >= 4 is 17.8 Å². The van der Waals surface area contributed by atoms with Crippen molar-refractivity contribution in [2.45, 2.75) is 85.2 Å². The standard InChI is InChI=1S/C38H48FN7O5/c1-7-46(24(2)3)35(47)28-12-26(39)8-9-31(28)50-33-15-40-23-42-34(33)45-21-38(22-45)13-27(14-38)49-32-10-11-41-30-20-43(19-29(30)32)16-25-17-44(18-25)36(48)51-37(4,5)6/h8-12,15,23-25,27H,7,13-14,16-22H2,1-6H3. The van der Waals surface area contributed by atoms with E-state index in [1.807, 2.05) is 53.8 Å². The smallest absolute Gasteiger partial charge is 0.410 e. The summed E-state index contributed by atoms with van der Waals surface area (Å²) in [5.41, 5.74) is 2.04. The van der Waals surface area contributed by atoms with Crippen LogP contribution in [0.25, 0.3) is 0 Å². The Kier molecular flexibility index (Phi) is 9.28. The zero-order valence-electron chi connectivity index (χ0n) is 30.4. The molecule has 3 aromatic rings. The van der Waals surface area contributed by atoms with Gasteiger partial charge in [0.15, 0.2) is 11.6 Å². The molecule has 4 aliphatic rings. The van der Waals surface area contributed by atoms with Crippen LogP contribution in [-0.4, -0.2) is 98.7 Å². The van der Waals surface area contributed by atoms with Crippen molar-refractivity contribution in [2.75, 3.05) is 44.2 Å². The highest BCUT2D eigenvalue weighted by molar-refractivity contribution is 5.97. The van der Waals surface area contributed by atoms with Crippen LogP contribution in [0.4, 0.5) is 15.0 Å². The van der Waals surface area contributed by atoms with Crippen LogP contribution in [0.2, 0.25) is 0 Å². The Labute approximate surface area is 298 Å². The third-order valence-corrected chi connectivity index (χ3v) is 10.2. The van der Waals surface area contributed by atoms with Crippen LogP contribution >= 0.6 is 0 Å². The third kappa shape index (κ3) is 7.31. The monoisotopic (exact) mass is 701 g/mol. The van der Waals surface area contributed by atoms with E-state index in [0.717, 1.165) is 62.6 Å². The first-order valence-electron chi connectivity index (χ1n) is 18.0. The Bertz CT molecular complexity index is 1780. The summed E-state index contributed by atoms with van der Waals surface area (Å²) in [6.07, 6.45) is 6.68. The summed E-state index contributed by atoms with van der Waals surface area (Å²) in [5.74, 6) is 1.87. The number of nitrogens with zero attached hydrogens (tertiary/aromatic N) is 7. The zero-order chi connectivity index (χ0) is 36.1. The molecule has 3 fully saturated rings. The molecular weight excluding hydrogens is 653 g/mol. The number of likely N-dealkylation sites (tertiary alicyclic amines) is 1. The van der Waals surface area contributed by atoms with Crippen LogP contribution in [0, 0.1) is 17.2 Å². The molecule has 0 unspecified atom stereocenters. The predicted octanol–water partition coefficient (Wildman–Crippen LogP) is 5.90. The number of aromatic nitrogens is 3. The van der Waals surface area contributed by atoms with Crippen molar-refractivity contribution in [1.82, 2.24) is 29.7 Å². The Morgan fingerprint density at radius 1 is 1.06 bits per heavy atom. The Morgan fingerprint density at radius 2 is 1.82 bits per heavy atom. The molecule has 7 rings (SSSR count). The number of anilines is 1. The van der Waals surface area contributed by atoms with Gasteiger partial charge in [0, 0.05) is 81.5 Å². The number of carbonyl (C=O) groups is 2. The van der Waals surface area contributed by atoms with Gasteiger partial charge in [-0.3, -0.25) is 14.7 Å². The van der Waals surface area contributed by atoms with Gasteiger partial charge in [-0.05, 0) is 78.6 Å². The number of hydrogen-bond acceptors (Lipinski definition) is 10. The Balaban J connectivity index is 0.924. The van der Waals surface area contributed by atoms with Crippen molar-refractivity contribution in [3.8, 4) is 17.2 Å². The van der Waals surface area contributed by atoms with Crippen LogP contribution < -0.4 is 14.4 Å². The first kappa shape index (κ1) is 34.9. The molecular formula is C38H48FN7O5. The van der Waals surface area contributed by atoms with E-state index < -0.39 is 11.4 Å². The third-order valence-electron chi connectivity index (χ3n) is 10.2. The molecule has 2 aromatic heterocycles. The van der Waals surface area contributed by atoms with Gasteiger partial charge in [0.25, 0.3) is 5.91 Å². The van der Waals surface area contributed by atoms with E-state index in [1.165, 1.54) is 24.5 Å². The van der Waals surface area contributed by atoms with Gasteiger partial charge < -0.3 is 28.9 Å². The normalized spacial score (nSPS) is 18.6. The summed E-state index contributed by atoms with van der Waals surface area (Å²) in [4.78, 5) is 47.1. The molecule has 0 radical (unpaired) electrons. The maximum atomic E-state index is 14.3. The number of ether oxygens (including phenoxy) is 3. The van der Waals surface area contributed by atoms with Gasteiger partial charge in [0.2, 0.25) is 0 Å². The number of carbonyl (C=O) groups excluding carboxylic acids is 2. The maximum absolute atomic E-state index is 14.3. The summed E-state index contributed by atoms with van der Waals surface area (Å²) in [6.45, 7) is 17.4. The van der Waals surface area contributed by atoms with Gasteiger partial charge in [0.1, 0.15) is 35.3 Å². The minimum atomic E-state index is -0.502. The SMILES string of the molecule is CCN(C(=O)c1cc(F)ccc1Oc1cncnc1N1CC2(CC(Oc3ccnc4c3CN(CC3CN(C(=O)OC(C)(C)C)C3)C4)C2)C1)C(C)C. The number of fused-ring (bicyclic) bond motifs is 1. The number of halogens is 1. The Morgan fingerprint density at radius 3 is 2.53 bits per heavy atom. The quantitative estimate of drug-likeness (QED) is 0.253. The van der Waals surface area contributed by atoms with Gasteiger partial charge in [-0.2, -0.15) is 0 Å². The molecule has 1 spiro atoms. The lowest BCUT2D eigenvalue weighted by molar-refractivity contribution is -0.0350. The number of rotatable bonds is 10. The number of hydrogen-bond donors (Lipinski definition) is 0. The summed E-state index contributed by atoms with van der Waals surface area (Å²) in [7, 11) is 0. The van der Waals surface area contributed by atoms with Crippen LogP contribution in [0.3, 0.4) is 0 Å². The van der Waals surface area contributed by atoms with Crippen molar-refractivity contribution in [1.29, 1.82) is 0 Å². The summed E-state index contributed by atoms with van der Waals surface area (Å²) in [5, 5.41) is 0. The number of amides is 2. The van der Waals surface area contributed by atoms with Gasteiger partial charge in [-0.15, -0.1) is 0 Å². The van der Waals surface area contributed by atoms with Crippen molar-refractivity contribution in [3.05, 3.63) is 65.6 Å². The second-order valence-corrected chi connectivity index (χ2v) is 15.8. The van der Waals surface area contributed by atoms with Crippen molar-refractivity contribution in [3.63, 3.8) is 0 Å². The average Bonchev–Trinajstić information content (AvgIpc) is 3.43. The van der Waals surface area contributed by atoms with Crippen LogP contribution in [0.15, 0.2) is 43.0 Å². The lowest BCUT2D eigenvalue weighted by Gasteiger charge is -2.58. The first-order chi connectivity index (χ1) is 24.3. The van der Waals surface area contributed by atoms with Crippen LogP contribution in [-0.2, 0) is 17.8 Å². The molecule has 0 bridgehead atoms. The maximum Gasteiger partial charge on any atom is 0.410 e. The molecule has 13 heteroatoms. The van der Waals surface area contributed by atoms with Crippen LogP contribution in [0.5, 0.6) is 17.2 Å². The summed E-state index contributed by atoms with van der Waals surface area (Å²) < 4.78 is 32.6. The lowest BCUT2D eigenvalue weighted by atomic mass is 9.61. The molecule has 1 aromatic carbocycles. The molecule has 272 valence electrons. The molecule has 2 saturated heterocycles. The lowest BCUT2D eigenvalue weighted by Crippen LogP contribution is -2.65. The molecule has 2 amide bonds. The Hall–Kier alpha value is -4.52. The summed E-state index contributed by atoms with van der Waals surface area (Å²) in [6, 6.07) is 5.94. The van der Waals surface area contributed by atoms with E-state index >= 15 is 0 Å². The van der Waals surface area contributed by atoms with E-state index in [1.54, 1.807) is 16.0 Å². The van der Waals surface area contributed by atoms with Crippen LogP contribution in [0.1, 0.15) is 76.0 Å². The highest BCUT2D eigenvalue weighted by atomic mass is 19.1. The fraction of sp³-hybridized carbons (Fsp3) is 0.553. The van der Waals surface area contributed by atoms with Gasteiger partial charge in [0.05, 0.1) is 17.5 Å². The van der Waals surface area contributed by atoms with Crippen molar-refractivity contribution < 1.29 is 28.2 Å². The second-order valence-electron chi connectivity index (χ2n) is 15.8. The molecule has 51 heavy (non-hydrogen) atoms. The average molecular weight is 702 g/mol. The topological polar surface area (TPSA) is 113 Å². The van der Waals surface area contributed by atoms with Gasteiger partial charge >= 0.3 is 6.09 Å². The van der Waals surface area contributed by atoms with E-state index in [0.29, 0.717) is 37.1 Å². The van der Waals surface area contributed by atoms with E-state index in [4.69, 9.17) is 14.2 Å². The molecule has 5 heterocycles. The van der Waals surface area contributed by atoms with Gasteiger partial charge in [-0.25, -0.2) is 19.2 Å². The number of pyridine rings is 1. The first-order valence-corrected chi connectivity index (χ1v) is 18.0. The van der Waals surface area contributed by atoms with E-state index in [9.17, 15) is 14.0 Å². The number of benzene rings is 1. The molecule has 1 saturated carbocycles. The minimum absolute atomic E-state index is 0.0478. The second kappa shape index (κ2) is 13.6. The molecule has 1 aliphatic carbocycles. The molecule has 0 N–H and O–H groups in total. The van der Waals surface area contributed by atoms with E-state index in [2.05, 4.69) is 24.8 Å². The highest BCUT2D eigenvalue weighted by Gasteiger charge is 2.54. The highest BCUT2D eigenvalue weighted by Crippen LogP contribution is 2.52.